The number of benzene rings is 1. The Bertz CT molecular complexity index is 2530. The molecule has 4 saturated heterocycles. The highest BCUT2D eigenvalue weighted by atomic mass is 28.3. The molecule has 4 aliphatic rings. The number of rotatable bonds is 9. The lowest BCUT2D eigenvalue weighted by molar-refractivity contribution is -0.0366. The van der Waals surface area contributed by atoms with Crippen LogP contribution in [0.25, 0.3) is 44.1 Å². The zero-order chi connectivity index (χ0) is 43.7. The van der Waals surface area contributed by atoms with Crippen LogP contribution in [-0.2, 0) is 16.5 Å². The Labute approximate surface area is 366 Å². The second-order valence-electron chi connectivity index (χ2n) is 19.9. The minimum atomic E-state index is -2.14. The molecule has 1 N–H and O–H groups in total. The maximum atomic E-state index is 14.9. The van der Waals surface area contributed by atoms with E-state index in [1.54, 1.807) is 6.92 Å². The van der Waals surface area contributed by atoms with Crippen molar-refractivity contribution in [1.82, 2.24) is 34.2 Å². The molecule has 0 bridgehead atoms. The summed E-state index contributed by atoms with van der Waals surface area (Å²) in [5.41, 5.74) is 10.3. The quantitative estimate of drug-likeness (QED) is 0.114. The third-order valence-electron chi connectivity index (χ3n) is 14.7. The summed E-state index contributed by atoms with van der Waals surface area (Å²) in [4.78, 5) is 19.9. The largest absolute Gasteiger partial charge is 0.461 e. The first kappa shape index (κ1) is 43.1. The van der Waals surface area contributed by atoms with Crippen molar-refractivity contribution in [2.45, 2.75) is 134 Å². The van der Waals surface area contributed by atoms with Crippen LogP contribution in [0.5, 0.6) is 6.01 Å². The summed E-state index contributed by atoms with van der Waals surface area (Å²) in [7, 11) is -0.103. The molecule has 0 radical (unpaired) electrons. The van der Waals surface area contributed by atoms with Gasteiger partial charge in [0.05, 0.1) is 53.6 Å². The first-order valence-corrected chi connectivity index (χ1v) is 25.3. The fourth-order valence-electron chi connectivity index (χ4n) is 11.8. The van der Waals surface area contributed by atoms with Gasteiger partial charge in [0.2, 0.25) is 0 Å². The summed E-state index contributed by atoms with van der Waals surface area (Å²) in [6, 6.07) is 4.51. The van der Waals surface area contributed by atoms with Gasteiger partial charge in [-0.05, 0) is 86.8 Å². The van der Waals surface area contributed by atoms with Gasteiger partial charge in [0.25, 0.3) is 0 Å². The fourth-order valence-corrected chi connectivity index (χ4v) is 17.0. The van der Waals surface area contributed by atoms with E-state index in [9.17, 15) is 9.50 Å². The molecule has 0 amide bonds. The van der Waals surface area contributed by atoms with E-state index in [4.69, 9.17) is 34.3 Å². The summed E-state index contributed by atoms with van der Waals surface area (Å²) >= 11 is 0. The van der Waals surface area contributed by atoms with Gasteiger partial charge >= 0.3 is 6.01 Å². The Morgan fingerprint density at radius 2 is 1.84 bits per heavy atom. The summed E-state index contributed by atoms with van der Waals surface area (Å²) in [6.07, 6.45) is 8.24. The number of aromatic nitrogens is 6. The Morgan fingerprint density at radius 3 is 2.58 bits per heavy atom. The number of hydrogen-bond acceptors (Lipinski definition) is 10. The van der Waals surface area contributed by atoms with Gasteiger partial charge in [-0.1, -0.05) is 47.5 Å². The first-order chi connectivity index (χ1) is 29.6. The normalized spacial score (nSPS) is 25.1. The molecule has 8 heterocycles. The Morgan fingerprint density at radius 1 is 1.05 bits per heavy atom. The van der Waals surface area contributed by atoms with Crippen LogP contribution < -0.4 is 9.64 Å². The number of fused-ring (bicyclic) bond motifs is 5. The molecule has 0 spiro atoms. The maximum Gasteiger partial charge on any atom is 0.320 e. The topological polar surface area (TPSA) is 116 Å². The number of nitrogens with zero attached hydrogens (tertiary/aromatic N) is 8. The molecule has 14 heteroatoms. The zero-order valence-corrected chi connectivity index (χ0v) is 39.2. The van der Waals surface area contributed by atoms with Gasteiger partial charge in [0.1, 0.15) is 37.9 Å². The number of aryl methyl sites for hydroxylation is 2. The fraction of sp³-hybridized carbons (Fsp3) is 0.625. The second kappa shape index (κ2) is 16.5. The van der Waals surface area contributed by atoms with Gasteiger partial charge in [0, 0.05) is 61.3 Å². The van der Waals surface area contributed by atoms with Crippen LogP contribution in [0.15, 0.2) is 24.5 Å². The first-order valence-electron chi connectivity index (χ1n) is 23.0. The van der Waals surface area contributed by atoms with Crippen LogP contribution in [-0.4, -0.2) is 117 Å². The minimum Gasteiger partial charge on any atom is -0.461 e. The van der Waals surface area contributed by atoms with Crippen molar-refractivity contribution in [3.63, 3.8) is 0 Å². The number of aliphatic hydroxyl groups is 1. The van der Waals surface area contributed by atoms with Crippen LogP contribution in [0.1, 0.15) is 104 Å². The highest BCUT2D eigenvalue weighted by molar-refractivity contribution is 6.90. The lowest BCUT2D eigenvalue weighted by Crippen LogP contribution is -2.44. The van der Waals surface area contributed by atoms with Gasteiger partial charge in [0.15, 0.2) is 6.23 Å². The average molecular weight is 865 g/mol. The number of halogens is 1. The van der Waals surface area contributed by atoms with Crippen LogP contribution in [0.3, 0.4) is 0 Å². The molecule has 1 aromatic carbocycles. The Kier molecular flexibility index (Phi) is 11.4. The molecule has 0 saturated carbocycles. The molecule has 62 heavy (non-hydrogen) atoms. The SMILES string of the molecule is Cc1cc2c(cnn2C2CCCCO2)c(-c2nccc3c4c(N5CCOC[C@@](C)(O)C5)nc(OC[C@@]56CCCN5C[C@H](F)C6)nc4n(C)c23)c1C#C[Si](C(C)C)(C(C)C)C(C)C. The summed E-state index contributed by atoms with van der Waals surface area (Å²) in [6.45, 7) is 21.9. The average Bonchev–Trinajstić information content (AvgIpc) is 3.95. The minimum absolute atomic E-state index is 0.142. The predicted octanol–water partition coefficient (Wildman–Crippen LogP) is 8.65. The van der Waals surface area contributed by atoms with Crippen LogP contribution in [0.2, 0.25) is 16.6 Å². The summed E-state index contributed by atoms with van der Waals surface area (Å²) < 4.78 is 37.8. The van der Waals surface area contributed by atoms with Gasteiger partial charge in [-0.25, -0.2) is 9.07 Å². The third-order valence-corrected chi connectivity index (χ3v) is 21.0. The summed E-state index contributed by atoms with van der Waals surface area (Å²) in [5, 5.41) is 19.2. The lowest BCUT2D eigenvalue weighted by Gasteiger charge is -2.38. The van der Waals surface area contributed by atoms with Crippen molar-refractivity contribution in [1.29, 1.82) is 0 Å². The maximum absolute atomic E-state index is 14.9. The zero-order valence-electron chi connectivity index (χ0n) is 38.2. The van der Waals surface area contributed by atoms with Gasteiger partial charge in [-0.2, -0.15) is 15.1 Å². The highest BCUT2D eigenvalue weighted by Crippen LogP contribution is 2.45. The molecular weight excluding hydrogens is 800 g/mol. The molecule has 332 valence electrons. The van der Waals surface area contributed by atoms with Crippen molar-refractivity contribution in [3.8, 4) is 28.7 Å². The Hall–Kier alpha value is -4.13. The molecule has 4 atom stereocenters. The number of ether oxygens (including phenoxy) is 3. The smallest absolute Gasteiger partial charge is 0.320 e. The second-order valence-corrected chi connectivity index (χ2v) is 25.5. The molecule has 4 aromatic heterocycles. The number of anilines is 1. The van der Waals surface area contributed by atoms with Crippen molar-refractivity contribution in [3.05, 3.63) is 35.7 Å². The van der Waals surface area contributed by atoms with E-state index in [0.717, 1.165) is 88.2 Å². The number of pyridine rings is 1. The molecule has 12 nitrogen and oxygen atoms in total. The van der Waals surface area contributed by atoms with Crippen molar-refractivity contribution in [2.75, 3.05) is 57.5 Å². The van der Waals surface area contributed by atoms with Crippen molar-refractivity contribution in [2.24, 2.45) is 7.05 Å². The predicted molar refractivity (Wildman–Crippen MR) is 246 cm³/mol. The molecule has 9 rings (SSSR count). The van der Waals surface area contributed by atoms with Crippen LogP contribution in [0.4, 0.5) is 10.2 Å². The molecule has 0 aliphatic carbocycles. The van der Waals surface area contributed by atoms with Gasteiger partial charge in [-0.15, -0.1) is 5.54 Å². The van der Waals surface area contributed by atoms with Crippen molar-refractivity contribution >= 4 is 46.7 Å². The molecule has 5 aromatic rings. The number of alkyl halides is 1. The number of hydrogen-bond donors (Lipinski definition) is 1. The molecule has 4 fully saturated rings. The standard InChI is InChI=1S/C48H65FN8O4Si/c1-30(2)62(31(3)4,32(5)6)22-15-35-33(7)23-38-37(25-51-57(38)39-13-10-11-20-60-39)40(35)42-43-36(14-17-50-42)41-44(54(43)9)52-46(53-45(41)55-19-21-59-28-47(8,58)27-55)61-29-48-16-12-18-56(48)26-34(49)24-48/h14,17,23,25,30-32,34,39,58H,10-13,16,18-21,24,26-29H2,1-9H3/t34-,39?,47+,48+/m1/s1. The molecule has 1 unspecified atom stereocenters. The van der Waals surface area contributed by atoms with Crippen LogP contribution >= 0.6 is 0 Å². The van der Waals surface area contributed by atoms with E-state index >= 15 is 0 Å². The van der Waals surface area contributed by atoms with Crippen LogP contribution in [0, 0.1) is 18.4 Å². The molecule has 4 aliphatic heterocycles. The molecular formula is C48H65FN8O4Si. The van der Waals surface area contributed by atoms with E-state index in [0.29, 0.717) is 74.0 Å². The van der Waals surface area contributed by atoms with E-state index in [-0.39, 0.29) is 24.4 Å². The highest BCUT2D eigenvalue weighted by Gasteiger charge is 2.49. The van der Waals surface area contributed by atoms with Gasteiger partial charge < -0.3 is 28.8 Å². The monoisotopic (exact) mass is 864 g/mol. The number of β-amino-alcohol motifs (C(OH)–C–C–N with tert-alkyl or cyclic N) is 1. The van der Waals surface area contributed by atoms with E-state index in [1.807, 2.05) is 25.5 Å². The van der Waals surface area contributed by atoms with Crippen molar-refractivity contribution < 1.29 is 23.7 Å². The van der Waals surface area contributed by atoms with E-state index < -0.39 is 19.8 Å². The third kappa shape index (κ3) is 7.29. The Balaban J connectivity index is 1.29. The van der Waals surface area contributed by atoms with E-state index in [2.05, 4.69) is 85.0 Å². The lowest BCUT2D eigenvalue weighted by atomic mass is 9.94. The summed E-state index contributed by atoms with van der Waals surface area (Å²) in [5.74, 6) is 4.54. The van der Waals surface area contributed by atoms with E-state index in [1.165, 1.54) is 0 Å². The van der Waals surface area contributed by atoms with Gasteiger partial charge in [-0.3, -0.25) is 9.88 Å².